The van der Waals surface area contributed by atoms with E-state index in [1.807, 2.05) is 19.2 Å². The van der Waals surface area contributed by atoms with E-state index in [9.17, 15) is 0 Å². The highest BCUT2D eigenvalue weighted by Gasteiger charge is 2.26. The molecule has 2 unspecified atom stereocenters. The van der Waals surface area contributed by atoms with Gasteiger partial charge in [-0.05, 0) is 32.6 Å². The van der Waals surface area contributed by atoms with Crippen molar-refractivity contribution < 1.29 is 13.9 Å². The minimum Gasteiger partial charge on any atom is -0.468 e. The van der Waals surface area contributed by atoms with Crippen molar-refractivity contribution in [3.05, 3.63) is 24.2 Å². The van der Waals surface area contributed by atoms with Gasteiger partial charge in [0.05, 0.1) is 32.1 Å². The number of hydrogen-bond acceptors (Lipinski definition) is 5. The number of hydrogen-bond donors (Lipinski definition) is 1. The van der Waals surface area contributed by atoms with E-state index in [-0.39, 0.29) is 30.0 Å². The normalized spacial score (nSPS) is 18.9. The topological polar surface area (TPSA) is 62.5 Å². The Morgan fingerprint density at radius 2 is 2.27 bits per heavy atom. The van der Waals surface area contributed by atoms with Crippen molar-refractivity contribution in [2.45, 2.75) is 12.5 Å². The molecule has 1 aromatic heterocycles. The van der Waals surface area contributed by atoms with Gasteiger partial charge in [-0.25, -0.2) is 0 Å². The van der Waals surface area contributed by atoms with Crippen molar-refractivity contribution >= 4 is 29.9 Å². The lowest BCUT2D eigenvalue weighted by Crippen LogP contribution is -2.43. The number of furan rings is 1. The second kappa shape index (κ2) is 12.5. The molecule has 1 fully saturated rings. The van der Waals surface area contributed by atoms with Gasteiger partial charge in [-0.2, -0.15) is 0 Å². The number of nitrogens with zero attached hydrogens (tertiary/aromatic N) is 3. The van der Waals surface area contributed by atoms with Crippen LogP contribution in [0.2, 0.25) is 0 Å². The first-order chi connectivity index (χ1) is 12.2. The zero-order valence-electron chi connectivity index (χ0n) is 16.3. The Kier molecular flexibility index (Phi) is 11.2. The van der Waals surface area contributed by atoms with E-state index >= 15 is 0 Å². The Hall–Kier alpha value is -0.840. The van der Waals surface area contributed by atoms with Crippen molar-refractivity contribution in [3.63, 3.8) is 0 Å². The number of likely N-dealkylation sites (N-methyl/N-ethyl adjacent to an activating group) is 1. The summed E-state index contributed by atoms with van der Waals surface area (Å²) in [7, 11) is 7.64. The molecule has 1 aromatic rings. The van der Waals surface area contributed by atoms with Crippen LogP contribution in [0.3, 0.4) is 0 Å². The van der Waals surface area contributed by atoms with Crippen LogP contribution in [0.1, 0.15) is 18.2 Å². The molecule has 1 N–H and O–H groups in total. The maximum Gasteiger partial charge on any atom is 0.193 e. The predicted molar refractivity (Wildman–Crippen MR) is 114 cm³/mol. The molecular weight excluding hydrogens is 447 g/mol. The smallest absolute Gasteiger partial charge is 0.193 e. The summed E-state index contributed by atoms with van der Waals surface area (Å²) >= 11 is 0. The third-order valence-electron chi connectivity index (χ3n) is 4.53. The molecule has 0 bridgehead atoms. The molecule has 0 aromatic carbocycles. The van der Waals surface area contributed by atoms with Crippen LogP contribution in [0.4, 0.5) is 0 Å². The second-order valence-corrected chi connectivity index (χ2v) is 6.59. The van der Waals surface area contributed by atoms with E-state index in [1.165, 1.54) is 0 Å². The summed E-state index contributed by atoms with van der Waals surface area (Å²) < 4.78 is 16.2. The maximum atomic E-state index is 5.67. The molecule has 1 aliphatic heterocycles. The molecule has 2 atom stereocenters. The summed E-state index contributed by atoms with van der Waals surface area (Å²) in [4.78, 5) is 8.90. The fraction of sp³-hybridized carbons (Fsp3) is 0.722. The van der Waals surface area contributed by atoms with Gasteiger partial charge in [-0.3, -0.25) is 9.89 Å². The van der Waals surface area contributed by atoms with Crippen LogP contribution in [0.5, 0.6) is 0 Å². The highest BCUT2D eigenvalue weighted by Crippen LogP contribution is 2.19. The van der Waals surface area contributed by atoms with Crippen molar-refractivity contribution in [3.8, 4) is 0 Å². The molecule has 1 aliphatic rings. The van der Waals surface area contributed by atoms with Crippen LogP contribution < -0.4 is 5.32 Å². The first kappa shape index (κ1) is 23.2. The molecule has 0 spiro atoms. The van der Waals surface area contributed by atoms with E-state index in [2.05, 4.69) is 34.2 Å². The number of ether oxygens (including phenoxy) is 2. The fourth-order valence-corrected chi connectivity index (χ4v) is 3.09. The van der Waals surface area contributed by atoms with Gasteiger partial charge < -0.3 is 24.1 Å². The van der Waals surface area contributed by atoms with Crippen molar-refractivity contribution in [2.75, 3.05) is 67.7 Å². The Morgan fingerprint density at radius 3 is 2.88 bits per heavy atom. The zero-order valence-corrected chi connectivity index (χ0v) is 18.6. The van der Waals surface area contributed by atoms with Crippen LogP contribution in [0.25, 0.3) is 0 Å². The van der Waals surface area contributed by atoms with E-state index in [0.29, 0.717) is 19.1 Å². The molecule has 150 valence electrons. The Morgan fingerprint density at radius 1 is 1.46 bits per heavy atom. The lowest BCUT2D eigenvalue weighted by molar-refractivity contribution is 0.0536. The summed E-state index contributed by atoms with van der Waals surface area (Å²) in [5, 5.41) is 3.49. The number of likely N-dealkylation sites (tertiary alicyclic amines) is 1. The molecular formula is C18H33IN4O3. The Bertz CT molecular complexity index is 511. The van der Waals surface area contributed by atoms with E-state index in [4.69, 9.17) is 13.9 Å². The summed E-state index contributed by atoms with van der Waals surface area (Å²) in [6, 6.07) is 4.11. The van der Waals surface area contributed by atoms with Crippen molar-refractivity contribution in [1.82, 2.24) is 15.1 Å². The number of guanidine groups is 1. The number of aliphatic imine (C=N–C) groups is 1. The van der Waals surface area contributed by atoms with Crippen LogP contribution in [-0.2, 0) is 9.47 Å². The minimum absolute atomic E-state index is 0. The van der Waals surface area contributed by atoms with E-state index in [0.717, 1.165) is 44.4 Å². The predicted octanol–water partition coefficient (Wildman–Crippen LogP) is 2.06. The summed E-state index contributed by atoms with van der Waals surface area (Å²) in [5.74, 6) is 2.45. The van der Waals surface area contributed by atoms with Gasteiger partial charge in [0.2, 0.25) is 0 Å². The lowest BCUT2D eigenvalue weighted by atomic mass is 10.1. The van der Waals surface area contributed by atoms with Crippen molar-refractivity contribution in [1.29, 1.82) is 0 Å². The number of rotatable bonds is 9. The van der Waals surface area contributed by atoms with Crippen LogP contribution in [0.15, 0.2) is 27.8 Å². The van der Waals surface area contributed by atoms with Gasteiger partial charge in [0, 0.05) is 39.7 Å². The molecule has 0 aliphatic carbocycles. The van der Waals surface area contributed by atoms with E-state index < -0.39 is 0 Å². The minimum atomic E-state index is 0. The molecule has 2 rings (SSSR count). The van der Waals surface area contributed by atoms with Crippen LogP contribution in [0, 0.1) is 5.92 Å². The molecule has 8 heteroatoms. The fourth-order valence-electron chi connectivity index (χ4n) is 3.09. The van der Waals surface area contributed by atoms with Gasteiger partial charge >= 0.3 is 0 Å². The lowest BCUT2D eigenvalue weighted by Gasteiger charge is -2.27. The van der Waals surface area contributed by atoms with E-state index in [1.54, 1.807) is 13.4 Å². The SMILES string of the molecule is CN=C(NCC(c1ccco1)N(C)C)N1CCC(COCCOC)C1.I. The number of methoxy groups -OCH3 is 1. The molecule has 2 heterocycles. The summed E-state index contributed by atoms with van der Waals surface area (Å²) in [5.41, 5.74) is 0. The third kappa shape index (κ3) is 7.05. The standard InChI is InChI=1S/C18H32N4O3.HI/c1-19-18(20-12-16(21(2)3)17-6-5-9-25-17)22-8-7-15(13-22)14-24-11-10-23-4;/h5-6,9,15-16H,7-8,10-14H2,1-4H3,(H,19,20);1H. The second-order valence-electron chi connectivity index (χ2n) is 6.59. The number of halogens is 1. The molecule has 26 heavy (non-hydrogen) atoms. The molecule has 0 saturated carbocycles. The third-order valence-corrected chi connectivity index (χ3v) is 4.53. The summed E-state index contributed by atoms with van der Waals surface area (Å²) in [6.45, 7) is 4.82. The quantitative estimate of drug-likeness (QED) is 0.253. The average molecular weight is 480 g/mol. The van der Waals surface area contributed by atoms with Gasteiger partial charge in [-0.1, -0.05) is 0 Å². The van der Waals surface area contributed by atoms with Crippen LogP contribution in [-0.4, -0.2) is 83.5 Å². The van der Waals surface area contributed by atoms with Crippen LogP contribution >= 0.6 is 24.0 Å². The molecule has 7 nitrogen and oxygen atoms in total. The Balaban J connectivity index is 0.00000338. The Labute approximate surface area is 174 Å². The van der Waals surface area contributed by atoms with Gasteiger partial charge in [0.25, 0.3) is 0 Å². The summed E-state index contributed by atoms with van der Waals surface area (Å²) in [6.07, 6.45) is 2.85. The zero-order chi connectivity index (χ0) is 18.1. The molecule has 1 saturated heterocycles. The monoisotopic (exact) mass is 480 g/mol. The molecule has 0 radical (unpaired) electrons. The molecule has 0 amide bonds. The highest BCUT2D eigenvalue weighted by atomic mass is 127. The average Bonchev–Trinajstić information content (AvgIpc) is 3.27. The maximum absolute atomic E-state index is 5.67. The van der Waals surface area contributed by atoms with Crippen molar-refractivity contribution in [2.24, 2.45) is 10.9 Å². The van der Waals surface area contributed by atoms with Gasteiger partial charge in [0.1, 0.15) is 5.76 Å². The van der Waals surface area contributed by atoms with Gasteiger partial charge in [0.15, 0.2) is 5.96 Å². The first-order valence-electron chi connectivity index (χ1n) is 8.87. The largest absolute Gasteiger partial charge is 0.468 e. The number of nitrogens with one attached hydrogen (secondary N) is 1. The van der Waals surface area contributed by atoms with Gasteiger partial charge in [-0.15, -0.1) is 24.0 Å². The highest BCUT2D eigenvalue weighted by molar-refractivity contribution is 14.0. The first-order valence-corrected chi connectivity index (χ1v) is 8.87.